The highest BCUT2D eigenvalue weighted by atomic mass is 16.5. The second kappa shape index (κ2) is 5.95. The molecule has 0 bridgehead atoms. The van der Waals surface area contributed by atoms with Crippen LogP contribution in [0.15, 0.2) is 4.52 Å². The van der Waals surface area contributed by atoms with Gasteiger partial charge in [0.25, 0.3) is 0 Å². The third-order valence-corrected chi connectivity index (χ3v) is 3.04. The summed E-state index contributed by atoms with van der Waals surface area (Å²) in [5.74, 6) is 1.43. The summed E-state index contributed by atoms with van der Waals surface area (Å²) < 4.78 is 10.3. The van der Waals surface area contributed by atoms with Crippen molar-refractivity contribution in [2.75, 3.05) is 19.8 Å². The lowest BCUT2D eigenvalue weighted by molar-refractivity contribution is -0.139. The molecule has 6 heteroatoms. The van der Waals surface area contributed by atoms with Crippen molar-refractivity contribution in [3.05, 3.63) is 11.7 Å². The van der Waals surface area contributed by atoms with Crippen molar-refractivity contribution in [1.29, 1.82) is 0 Å². The second-order valence-electron chi connectivity index (χ2n) is 4.60. The Morgan fingerprint density at radius 1 is 1.56 bits per heavy atom. The maximum absolute atomic E-state index is 12.0. The van der Waals surface area contributed by atoms with Crippen LogP contribution in [-0.4, -0.2) is 46.7 Å². The average Bonchev–Trinajstić information content (AvgIpc) is 2.75. The molecule has 1 amide bonds. The van der Waals surface area contributed by atoms with Crippen LogP contribution in [0.5, 0.6) is 0 Å². The smallest absolute Gasteiger partial charge is 0.226 e. The summed E-state index contributed by atoms with van der Waals surface area (Å²) in [6.07, 6.45) is 1.92. The SMILES string of the molecule is Cc1noc(CCCC(=O)N2CCOCC2C)n1. The minimum atomic E-state index is 0.178. The molecule has 1 aliphatic heterocycles. The third-order valence-electron chi connectivity index (χ3n) is 3.04. The van der Waals surface area contributed by atoms with Crippen LogP contribution in [0.25, 0.3) is 0 Å². The number of aryl methyl sites for hydroxylation is 2. The molecule has 1 fully saturated rings. The fourth-order valence-electron chi connectivity index (χ4n) is 2.07. The Balaban J connectivity index is 1.74. The largest absolute Gasteiger partial charge is 0.377 e. The summed E-state index contributed by atoms with van der Waals surface area (Å²) in [5, 5.41) is 3.72. The van der Waals surface area contributed by atoms with Gasteiger partial charge in [0.05, 0.1) is 19.3 Å². The Morgan fingerprint density at radius 3 is 3.06 bits per heavy atom. The van der Waals surface area contributed by atoms with Crippen LogP contribution in [0.4, 0.5) is 0 Å². The van der Waals surface area contributed by atoms with E-state index >= 15 is 0 Å². The number of morpholine rings is 1. The third kappa shape index (κ3) is 3.29. The van der Waals surface area contributed by atoms with Crippen molar-refractivity contribution in [2.45, 2.75) is 39.2 Å². The van der Waals surface area contributed by atoms with Gasteiger partial charge in [-0.1, -0.05) is 5.16 Å². The molecule has 0 saturated carbocycles. The predicted octanol–water partition coefficient (Wildman–Crippen LogP) is 0.948. The quantitative estimate of drug-likeness (QED) is 0.799. The lowest BCUT2D eigenvalue weighted by atomic mass is 10.2. The van der Waals surface area contributed by atoms with Crippen LogP contribution in [0.1, 0.15) is 31.5 Å². The van der Waals surface area contributed by atoms with Crippen molar-refractivity contribution in [2.24, 2.45) is 0 Å². The topological polar surface area (TPSA) is 68.5 Å². The Bertz CT molecular complexity index is 405. The number of nitrogens with zero attached hydrogens (tertiary/aromatic N) is 3. The van der Waals surface area contributed by atoms with E-state index in [1.165, 1.54) is 0 Å². The number of hydrogen-bond acceptors (Lipinski definition) is 5. The summed E-state index contributed by atoms with van der Waals surface area (Å²) in [6.45, 7) is 5.76. The number of rotatable bonds is 4. The molecule has 0 radical (unpaired) electrons. The van der Waals surface area contributed by atoms with Gasteiger partial charge in [-0.2, -0.15) is 4.98 Å². The van der Waals surface area contributed by atoms with E-state index in [-0.39, 0.29) is 11.9 Å². The minimum Gasteiger partial charge on any atom is -0.377 e. The molecule has 1 unspecified atom stereocenters. The van der Waals surface area contributed by atoms with Crippen LogP contribution in [0.3, 0.4) is 0 Å². The molecule has 100 valence electrons. The maximum atomic E-state index is 12.0. The lowest BCUT2D eigenvalue weighted by Crippen LogP contribution is -2.47. The molecule has 0 aromatic carbocycles. The summed E-state index contributed by atoms with van der Waals surface area (Å²) in [4.78, 5) is 18.0. The van der Waals surface area contributed by atoms with Gasteiger partial charge in [0.2, 0.25) is 11.8 Å². The van der Waals surface area contributed by atoms with Gasteiger partial charge < -0.3 is 14.2 Å². The zero-order valence-corrected chi connectivity index (χ0v) is 10.9. The molecule has 2 rings (SSSR count). The summed E-state index contributed by atoms with van der Waals surface area (Å²) in [5.41, 5.74) is 0. The molecule has 1 aliphatic rings. The Kier molecular flexibility index (Phi) is 4.30. The van der Waals surface area contributed by atoms with E-state index in [9.17, 15) is 4.79 Å². The van der Waals surface area contributed by atoms with Crippen molar-refractivity contribution < 1.29 is 14.1 Å². The summed E-state index contributed by atoms with van der Waals surface area (Å²) in [7, 11) is 0. The van der Waals surface area contributed by atoms with Crippen molar-refractivity contribution in [1.82, 2.24) is 15.0 Å². The standard InChI is InChI=1S/C12H19N3O3/c1-9-8-17-7-6-15(9)12(16)5-3-4-11-13-10(2)14-18-11/h9H,3-8H2,1-2H3. The highest BCUT2D eigenvalue weighted by Gasteiger charge is 2.23. The van der Waals surface area contributed by atoms with Gasteiger partial charge in [-0.15, -0.1) is 0 Å². The lowest BCUT2D eigenvalue weighted by Gasteiger charge is -2.33. The molecule has 18 heavy (non-hydrogen) atoms. The molecule has 0 spiro atoms. The van der Waals surface area contributed by atoms with Crippen molar-refractivity contribution >= 4 is 5.91 Å². The first-order valence-electron chi connectivity index (χ1n) is 6.33. The first-order valence-corrected chi connectivity index (χ1v) is 6.33. The van der Waals surface area contributed by atoms with Gasteiger partial charge in [-0.05, 0) is 20.3 Å². The molecule has 1 atom stereocenters. The average molecular weight is 253 g/mol. The van der Waals surface area contributed by atoms with Crippen molar-refractivity contribution in [3.8, 4) is 0 Å². The van der Waals surface area contributed by atoms with Gasteiger partial charge >= 0.3 is 0 Å². The van der Waals surface area contributed by atoms with Gasteiger partial charge in [0.15, 0.2) is 5.82 Å². The van der Waals surface area contributed by atoms with Gasteiger partial charge in [0.1, 0.15) is 0 Å². The van der Waals surface area contributed by atoms with Crippen LogP contribution in [0.2, 0.25) is 0 Å². The molecular weight excluding hydrogens is 234 g/mol. The number of aromatic nitrogens is 2. The molecule has 1 aromatic rings. The van der Waals surface area contributed by atoms with Crippen LogP contribution in [-0.2, 0) is 16.0 Å². The van der Waals surface area contributed by atoms with E-state index < -0.39 is 0 Å². The van der Waals surface area contributed by atoms with E-state index in [4.69, 9.17) is 9.26 Å². The van der Waals surface area contributed by atoms with Crippen LogP contribution >= 0.6 is 0 Å². The zero-order chi connectivity index (χ0) is 13.0. The predicted molar refractivity (Wildman–Crippen MR) is 64.0 cm³/mol. The Labute approximate surface area is 106 Å². The van der Waals surface area contributed by atoms with E-state index in [2.05, 4.69) is 10.1 Å². The number of hydrogen-bond donors (Lipinski definition) is 0. The molecule has 6 nitrogen and oxygen atoms in total. The molecule has 1 saturated heterocycles. The number of carbonyl (C=O) groups excluding carboxylic acids is 1. The molecule has 1 aromatic heterocycles. The van der Waals surface area contributed by atoms with E-state index in [0.29, 0.717) is 44.3 Å². The first-order chi connectivity index (χ1) is 8.66. The fourth-order valence-corrected chi connectivity index (χ4v) is 2.07. The number of ether oxygens (including phenoxy) is 1. The van der Waals surface area contributed by atoms with Gasteiger partial charge in [-0.25, -0.2) is 0 Å². The van der Waals surface area contributed by atoms with Gasteiger partial charge in [-0.3, -0.25) is 4.79 Å². The molecule has 0 N–H and O–H groups in total. The monoisotopic (exact) mass is 253 g/mol. The highest BCUT2D eigenvalue weighted by molar-refractivity contribution is 5.76. The number of amides is 1. The zero-order valence-electron chi connectivity index (χ0n) is 10.9. The molecular formula is C12H19N3O3. The Morgan fingerprint density at radius 2 is 2.39 bits per heavy atom. The van der Waals surface area contributed by atoms with E-state index in [0.717, 1.165) is 6.42 Å². The van der Waals surface area contributed by atoms with Crippen LogP contribution < -0.4 is 0 Å². The fraction of sp³-hybridized carbons (Fsp3) is 0.750. The maximum Gasteiger partial charge on any atom is 0.226 e. The first kappa shape index (κ1) is 13.0. The Hall–Kier alpha value is -1.43. The second-order valence-corrected chi connectivity index (χ2v) is 4.60. The van der Waals surface area contributed by atoms with E-state index in [1.807, 2.05) is 11.8 Å². The van der Waals surface area contributed by atoms with Crippen LogP contribution in [0, 0.1) is 6.92 Å². The highest BCUT2D eigenvalue weighted by Crippen LogP contribution is 2.10. The van der Waals surface area contributed by atoms with Crippen molar-refractivity contribution in [3.63, 3.8) is 0 Å². The normalized spacial score (nSPS) is 20.1. The van der Waals surface area contributed by atoms with Gasteiger partial charge in [0, 0.05) is 19.4 Å². The molecule has 0 aliphatic carbocycles. The summed E-state index contributed by atoms with van der Waals surface area (Å²) in [6, 6.07) is 0.178. The number of carbonyl (C=O) groups is 1. The van der Waals surface area contributed by atoms with E-state index in [1.54, 1.807) is 6.92 Å². The summed E-state index contributed by atoms with van der Waals surface area (Å²) >= 11 is 0. The molecule has 2 heterocycles. The minimum absolute atomic E-state index is 0.178.